The molecule has 1 aromatic rings. The number of hydrogen-bond acceptors (Lipinski definition) is 3. The average Bonchev–Trinajstić information content (AvgIpc) is 2.10. The lowest BCUT2D eigenvalue weighted by molar-refractivity contribution is 0.126. The number of phenolic OH excluding ortho intramolecular Hbond substituents is 1. The molecule has 0 amide bonds. The van der Waals surface area contributed by atoms with E-state index in [-0.39, 0.29) is 18.3 Å². The Balaban J connectivity index is 2.93. The molecule has 0 bridgehead atoms. The molecule has 4 heteroatoms. The Bertz CT molecular complexity index is 291. The Morgan fingerprint density at radius 1 is 1.62 bits per heavy atom. The van der Waals surface area contributed by atoms with E-state index in [2.05, 4.69) is 4.84 Å². The maximum Gasteiger partial charge on any atom is 0.165 e. The standard InChI is InChI=1S/C9H12FNO2/c1-6(5-13-11)7-3-2-4-8(10)9(7)12/h2-4,6,12H,5,11H2,1H3. The van der Waals surface area contributed by atoms with E-state index in [1.165, 1.54) is 12.1 Å². The molecule has 0 fully saturated rings. The second-order valence-electron chi connectivity index (χ2n) is 2.91. The number of aromatic hydroxyl groups is 1. The van der Waals surface area contributed by atoms with Crippen LogP contribution in [-0.4, -0.2) is 11.7 Å². The van der Waals surface area contributed by atoms with E-state index in [1.54, 1.807) is 13.0 Å². The van der Waals surface area contributed by atoms with Crippen molar-refractivity contribution in [2.75, 3.05) is 6.61 Å². The zero-order valence-electron chi connectivity index (χ0n) is 7.33. The number of para-hydroxylation sites is 1. The van der Waals surface area contributed by atoms with Crippen LogP contribution < -0.4 is 5.90 Å². The highest BCUT2D eigenvalue weighted by Gasteiger charge is 2.12. The van der Waals surface area contributed by atoms with Crippen molar-refractivity contribution in [1.29, 1.82) is 0 Å². The summed E-state index contributed by atoms with van der Waals surface area (Å²) < 4.78 is 12.9. The summed E-state index contributed by atoms with van der Waals surface area (Å²) in [5.41, 5.74) is 0.505. The van der Waals surface area contributed by atoms with Gasteiger partial charge in [-0.15, -0.1) is 0 Å². The molecular weight excluding hydrogens is 173 g/mol. The van der Waals surface area contributed by atoms with Gasteiger partial charge in [-0.1, -0.05) is 19.1 Å². The molecule has 1 rings (SSSR count). The normalized spacial score (nSPS) is 12.8. The Morgan fingerprint density at radius 3 is 2.92 bits per heavy atom. The predicted molar refractivity (Wildman–Crippen MR) is 46.6 cm³/mol. The number of phenols is 1. The number of benzene rings is 1. The molecule has 0 aliphatic heterocycles. The van der Waals surface area contributed by atoms with Gasteiger partial charge in [-0.3, -0.25) is 0 Å². The summed E-state index contributed by atoms with van der Waals surface area (Å²) in [6.07, 6.45) is 0. The van der Waals surface area contributed by atoms with E-state index in [0.717, 1.165) is 0 Å². The minimum atomic E-state index is -0.624. The van der Waals surface area contributed by atoms with E-state index < -0.39 is 5.82 Å². The van der Waals surface area contributed by atoms with Gasteiger partial charge in [0.1, 0.15) is 0 Å². The topological polar surface area (TPSA) is 55.5 Å². The van der Waals surface area contributed by atoms with Crippen molar-refractivity contribution < 1.29 is 14.3 Å². The van der Waals surface area contributed by atoms with Crippen LogP contribution in [0.25, 0.3) is 0 Å². The highest BCUT2D eigenvalue weighted by Crippen LogP contribution is 2.27. The third kappa shape index (κ3) is 2.17. The van der Waals surface area contributed by atoms with Crippen molar-refractivity contribution in [3.05, 3.63) is 29.6 Å². The first-order valence-corrected chi connectivity index (χ1v) is 3.96. The van der Waals surface area contributed by atoms with Gasteiger partial charge in [0.2, 0.25) is 0 Å². The quantitative estimate of drug-likeness (QED) is 0.702. The average molecular weight is 185 g/mol. The lowest BCUT2D eigenvalue weighted by atomic mass is 10.0. The molecule has 0 aromatic heterocycles. The van der Waals surface area contributed by atoms with Crippen molar-refractivity contribution in [3.63, 3.8) is 0 Å². The fourth-order valence-corrected chi connectivity index (χ4v) is 1.16. The molecule has 0 aliphatic carbocycles. The largest absolute Gasteiger partial charge is 0.505 e. The number of halogens is 1. The van der Waals surface area contributed by atoms with Gasteiger partial charge < -0.3 is 9.94 Å². The van der Waals surface area contributed by atoms with Gasteiger partial charge in [0.15, 0.2) is 11.6 Å². The monoisotopic (exact) mass is 185 g/mol. The summed E-state index contributed by atoms with van der Waals surface area (Å²) in [7, 11) is 0. The summed E-state index contributed by atoms with van der Waals surface area (Å²) in [5, 5.41) is 9.32. The predicted octanol–water partition coefficient (Wildman–Crippen LogP) is 1.53. The van der Waals surface area contributed by atoms with Crippen LogP contribution in [-0.2, 0) is 4.84 Å². The van der Waals surface area contributed by atoms with Gasteiger partial charge in [-0.2, -0.15) is 0 Å². The van der Waals surface area contributed by atoms with Crippen LogP contribution >= 0.6 is 0 Å². The Morgan fingerprint density at radius 2 is 2.31 bits per heavy atom. The van der Waals surface area contributed by atoms with Crippen LogP contribution in [0.2, 0.25) is 0 Å². The number of rotatable bonds is 3. The maximum atomic E-state index is 12.9. The molecule has 72 valence electrons. The molecule has 13 heavy (non-hydrogen) atoms. The molecule has 0 saturated carbocycles. The van der Waals surface area contributed by atoms with Gasteiger partial charge in [-0.05, 0) is 6.07 Å². The van der Waals surface area contributed by atoms with Gasteiger partial charge >= 0.3 is 0 Å². The van der Waals surface area contributed by atoms with Crippen molar-refractivity contribution in [3.8, 4) is 5.75 Å². The van der Waals surface area contributed by atoms with Crippen LogP contribution in [0.15, 0.2) is 18.2 Å². The Hall–Kier alpha value is -1.13. The second-order valence-corrected chi connectivity index (χ2v) is 2.91. The minimum Gasteiger partial charge on any atom is -0.505 e. The van der Waals surface area contributed by atoms with Crippen molar-refractivity contribution >= 4 is 0 Å². The van der Waals surface area contributed by atoms with Crippen LogP contribution in [0.4, 0.5) is 4.39 Å². The molecule has 1 unspecified atom stereocenters. The second kappa shape index (κ2) is 4.20. The van der Waals surface area contributed by atoms with Crippen LogP contribution in [0.3, 0.4) is 0 Å². The highest BCUT2D eigenvalue weighted by molar-refractivity contribution is 5.36. The zero-order chi connectivity index (χ0) is 9.84. The minimum absolute atomic E-state index is 0.124. The molecule has 0 radical (unpaired) electrons. The Kier molecular flexibility index (Phi) is 3.22. The van der Waals surface area contributed by atoms with Gasteiger partial charge in [0.25, 0.3) is 0 Å². The molecular formula is C9H12FNO2. The van der Waals surface area contributed by atoms with Crippen molar-refractivity contribution in [1.82, 2.24) is 0 Å². The summed E-state index contributed by atoms with van der Waals surface area (Å²) >= 11 is 0. The molecule has 3 N–H and O–H groups in total. The number of hydrogen-bond donors (Lipinski definition) is 2. The summed E-state index contributed by atoms with van der Waals surface area (Å²) in [6.45, 7) is 2.04. The third-order valence-corrected chi connectivity index (χ3v) is 1.90. The van der Waals surface area contributed by atoms with E-state index in [1.807, 2.05) is 0 Å². The fourth-order valence-electron chi connectivity index (χ4n) is 1.16. The van der Waals surface area contributed by atoms with Crippen LogP contribution in [0.5, 0.6) is 5.75 Å². The van der Waals surface area contributed by atoms with Gasteiger partial charge in [0, 0.05) is 11.5 Å². The lowest BCUT2D eigenvalue weighted by Gasteiger charge is -2.11. The zero-order valence-corrected chi connectivity index (χ0v) is 7.33. The van der Waals surface area contributed by atoms with E-state index >= 15 is 0 Å². The highest BCUT2D eigenvalue weighted by atomic mass is 19.1. The van der Waals surface area contributed by atoms with E-state index in [9.17, 15) is 9.50 Å². The first-order valence-electron chi connectivity index (χ1n) is 3.96. The molecule has 0 aliphatic rings. The van der Waals surface area contributed by atoms with Gasteiger partial charge in [0.05, 0.1) is 6.61 Å². The van der Waals surface area contributed by atoms with Gasteiger partial charge in [-0.25, -0.2) is 10.3 Å². The molecule has 0 heterocycles. The van der Waals surface area contributed by atoms with Crippen LogP contribution in [0, 0.1) is 5.82 Å². The van der Waals surface area contributed by atoms with Crippen molar-refractivity contribution in [2.45, 2.75) is 12.8 Å². The first kappa shape index (κ1) is 9.95. The fraction of sp³-hybridized carbons (Fsp3) is 0.333. The smallest absolute Gasteiger partial charge is 0.165 e. The molecule has 1 atom stereocenters. The SMILES string of the molecule is CC(CON)c1cccc(F)c1O. The van der Waals surface area contributed by atoms with Crippen molar-refractivity contribution in [2.24, 2.45) is 5.90 Å². The summed E-state index contributed by atoms with van der Waals surface area (Å²) in [5.74, 6) is 3.80. The molecule has 1 aromatic carbocycles. The molecule has 0 saturated heterocycles. The van der Waals surface area contributed by atoms with E-state index in [0.29, 0.717) is 5.56 Å². The summed E-state index contributed by atoms with van der Waals surface area (Å²) in [6, 6.07) is 4.38. The first-order chi connectivity index (χ1) is 6.16. The Labute approximate surface area is 75.9 Å². The van der Waals surface area contributed by atoms with Crippen LogP contribution in [0.1, 0.15) is 18.4 Å². The molecule has 3 nitrogen and oxygen atoms in total. The molecule has 0 spiro atoms. The third-order valence-electron chi connectivity index (χ3n) is 1.90. The summed E-state index contributed by atoms with van der Waals surface area (Å²) in [4.78, 5) is 4.42. The number of nitrogens with two attached hydrogens (primary N) is 1. The maximum absolute atomic E-state index is 12.9. The van der Waals surface area contributed by atoms with E-state index in [4.69, 9.17) is 5.90 Å². The lowest BCUT2D eigenvalue weighted by Crippen LogP contribution is -2.08.